The predicted octanol–water partition coefficient (Wildman–Crippen LogP) is 3.01. The van der Waals surface area contributed by atoms with Crippen LogP contribution in [0.15, 0.2) is 42.5 Å². The van der Waals surface area contributed by atoms with Crippen molar-refractivity contribution in [3.63, 3.8) is 0 Å². The standard InChI is InChI=1S/C15H12N2O3/c1-20-14-7-4-11(15(18)19)8-13(14)17-12-5-2-10(9-16)3-6-12/h2-8,17H,1H3,(H,18,19). The van der Waals surface area contributed by atoms with Gasteiger partial charge in [0.25, 0.3) is 0 Å². The van der Waals surface area contributed by atoms with E-state index in [0.29, 0.717) is 17.0 Å². The highest BCUT2D eigenvalue weighted by Gasteiger charge is 2.09. The van der Waals surface area contributed by atoms with Gasteiger partial charge in [0.05, 0.1) is 30.0 Å². The first-order chi connectivity index (χ1) is 9.63. The maximum atomic E-state index is 11.0. The molecule has 0 atom stereocenters. The number of hydrogen-bond donors (Lipinski definition) is 2. The number of nitrogens with zero attached hydrogens (tertiary/aromatic N) is 1. The van der Waals surface area contributed by atoms with E-state index in [1.54, 1.807) is 30.3 Å². The first-order valence-electron chi connectivity index (χ1n) is 5.82. The van der Waals surface area contributed by atoms with Gasteiger partial charge in [-0.3, -0.25) is 0 Å². The summed E-state index contributed by atoms with van der Waals surface area (Å²) in [5.74, 6) is -0.463. The summed E-state index contributed by atoms with van der Waals surface area (Å²) in [4.78, 5) is 11.0. The number of anilines is 2. The summed E-state index contributed by atoms with van der Waals surface area (Å²) in [6, 6.07) is 13.4. The van der Waals surface area contributed by atoms with Gasteiger partial charge in [-0.2, -0.15) is 5.26 Å². The number of rotatable bonds is 4. The van der Waals surface area contributed by atoms with Crippen molar-refractivity contribution in [3.8, 4) is 11.8 Å². The Balaban J connectivity index is 2.33. The fourth-order valence-electron chi connectivity index (χ4n) is 1.72. The average molecular weight is 268 g/mol. The topological polar surface area (TPSA) is 82.3 Å². The number of ether oxygens (including phenoxy) is 1. The first-order valence-corrected chi connectivity index (χ1v) is 5.82. The summed E-state index contributed by atoms with van der Waals surface area (Å²) < 4.78 is 5.19. The lowest BCUT2D eigenvalue weighted by Gasteiger charge is -2.12. The van der Waals surface area contributed by atoms with Crippen LogP contribution in [-0.2, 0) is 0 Å². The highest BCUT2D eigenvalue weighted by atomic mass is 16.5. The Morgan fingerprint density at radius 3 is 2.50 bits per heavy atom. The Bertz CT molecular complexity index is 673. The second kappa shape index (κ2) is 5.76. The van der Waals surface area contributed by atoms with E-state index in [2.05, 4.69) is 5.32 Å². The third kappa shape index (κ3) is 2.87. The van der Waals surface area contributed by atoms with E-state index in [1.165, 1.54) is 19.2 Å². The van der Waals surface area contributed by atoms with E-state index in [-0.39, 0.29) is 5.56 Å². The maximum Gasteiger partial charge on any atom is 0.335 e. The summed E-state index contributed by atoms with van der Waals surface area (Å²) in [6.45, 7) is 0. The highest BCUT2D eigenvalue weighted by Crippen LogP contribution is 2.28. The lowest BCUT2D eigenvalue weighted by atomic mass is 10.1. The summed E-state index contributed by atoms with van der Waals surface area (Å²) in [7, 11) is 1.51. The SMILES string of the molecule is COc1ccc(C(=O)O)cc1Nc1ccc(C#N)cc1. The van der Waals surface area contributed by atoms with Gasteiger partial charge in [-0.15, -0.1) is 0 Å². The number of nitriles is 1. The molecular formula is C15H12N2O3. The molecule has 0 amide bonds. The van der Waals surface area contributed by atoms with Gasteiger partial charge in [0.15, 0.2) is 0 Å². The number of aromatic carboxylic acids is 1. The molecule has 0 spiro atoms. The van der Waals surface area contributed by atoms with Crippen LogP contribution in [0.4, 0.5) is 11.4 Å². The first kappa shape index (κ1) is 13.4. The summed E-state index contributed by atoms with van der Waals surface area (Å²) >= 11 is 0. The number of carboxylic acids is 1. The molecule has 0 aliphatic carbocycles. The Kier molecular flexibility index (Phi) is 3.87. The van der Waals surface area contributed by atoms with Crippen molar-refractivity contribution in [2.75, 3.05) is 12.4 Å². The van der Waals surface area contributed by atoms with Crippen molar-refractivity contribution in [2.45, 2.75) is 0 Å². The number of methoxy groups -OCH3 is 1. The fourth-order valence-corrected chi connectivity index (χ4v) is 1.72. The van der Waals surface area contributed by atoms with Crippen molar-refractivity contribution >= 4 is 17.3 Å². The Morgan fingerprint density at radius 2 is 1.95 bits per heavy atom. The van der Waals surface area contributed by atoms with Crippen LogP contribution in [0.5, 0.6) is 5.75 Å². The molecule has 0 aromatic heterocycles. The van der Waals surface area contributed by atoms with Crippen LogP contribution >= 0.6 is 0 Å². The van der Waals surface area contributed by atoms with Crippen molar-refractivity contribution in [3.05, 3.63) is 53.6 Å². The zero-order chi connectivity index (χ0) is 14.5. The molecule has 0 fully saturated rings. The predicted molar refractivity (Wildman–Crippen MR) is 74.4 cm³/mol. The number of carbonyl (C=O) groups is 1. The highest BCUT2D eigenvalue weighted by molar-refractivity contribution is 5.90. The number of hydrogen-bond acceptors (Lipinski definition) is 4. The maximum absolute atomic E-state index is 11.0. The van der Waals surface area contributed by atoms with Crippen LogP contribution in [0, 0.1) is 11.3 Å². The minimum atomic E-state index is -1.00. The molecule has 5 heteroatoms. The van der Waals surface area contributed by atoms with Crippen LogP contribution in [0.1, 0.15) is 15.9 Å². The van der Waals surface area contributed by atoms with Crippen molar-refractivity contribution in [1.29, 1.82) is 5.26 Å². The molecule has 2 N–H and O–H groups in total. The van der Waals surface area contributed by atoms with Crippen molar-refractivity contribution in [1.82, 2.24) is 0 Å². The lowest BCUT2D eigenvalue weighted by Crippen LogP contribution is -2.00. The molecule has 0 saturated carbocycles. The van der Waals surface area contributed by atoms with E-state index in [1.807, 2.05) is 6.07 Å². The van der Waals surface area contributed by atoms with Gasteiger partial charge in [0, 0.05) is 5.69 Å². The van der Waals surface area contributed by atoms with Crippen molar-refractivity contribution < 1.29 is 14.6 Å². The van der Waals surface area contributed by atoms with E-state index in [9.17, 15) is 4.79 Å². The molecule has 100 valence electrons. The molecule has 20 heavy (non-hydrogen) atoms. The number of nitrogens with one attached hydrogen (secondary N) is 1. The smallest absolute Gasteiger partial charge is 0.335 e. The molecule has 0 heterocycles. The number of benzene rings is 2. The van der Waals surface area contributed by atoms with E-state index in [0.717, 1.165) is 5.69 Å². The third-order valence-electron chi connectivity index (χ3n) is 2.74. The minimum absolute atomic E-state index is 0.168. The Hall–Kier alpha value is -3.00. The van der Waals surface area contributed by atoms with Gasteiger partial charge in [-0.1, -0.05) is 0 Å². The van der Waals surface area contributed by atoms with Crippen molar-refractivity contribution in [2.24, 2.45) is 0 Å². The molecule has 2 rings (SSSR count). The van der Waals surface area contributed by atoms with E-state index < -0.39 is 5.97 Å². The Labute approximate surface area is 116 Å². The second-order valence-electron chi connectivity index (χ2n) is 4.03. The molecule has 2 aromatic carbocycles. The van der Waals surface area contributed by atoms with Gasteiger partial charge in [-0.05, 0) is 42.5 Å². The summed E-state index contributed by atoms with van der Waals surface area (Å²) in [5.41, 5.74) is 2.02. The molecule has 0 aliphatic heterocycles. The molecule has 0 aliphatic rings. The zero-order valence-corrected chi connectivity index (χ0v) is 10.8. The normalized spacial score (nSPS) is 9.60. The summed E-state index contributed by atoms with van der Waals surface area (Å²) in [5, 5.41) is 20.8. The van der Waals surface area contributed by atoms with Gasteiger partial charge in [-0.25, -0.2) is 4.79 Å². The largest absolute Gasteiger partial charge is 0.495 e. The Morgan fingerprint density at radius 1 is 1.25 bits per heavy atom. The van der Waals surface area contributed by atoms with Crippen LogP contribution in [-0.4, -0.2) is 18.2 Å². The molecule has 0 radical (unpaired) electrons. The van der Waals surface area contributed by atoms with Crippen LogP contribution < -0.4 is 10.1 Å². The summed E-state index contributed by atoms with van der Waals surface area (Å²) in [6.07, 6.45) is 0. The van der Waals surface area contributed by atoms with Crippen LogP contribution in [0.3, 0.4) is 0 Å². The fraction of sp³-hybridized carbons (Fsp3) is 0.0667. The van der Waals surface area contributed by atoms with Gasteiger partial charge < -0.3 is 15.2 Å². The van der Waals surface area contributed by atoms with Gasteiger partial charge in [0.2, 0.25) is 0 Å². The quantitative estimate of drug-likeness (QED) is 0.890. The zero-order valence-electron chi connectivity index (χ0n) is 10.8. The minimum Gasteiger partial charge on any atom is -0.495 e. The van der Waals surface area contributed by atoms with Crippen LogP contribution in [0.25, 0.3) is 0 Å². The second-order valence-corrected chi connectivity index (χ2v) is 4.03. The molecule has 0 bridgehead atoms. The lowest BCUT2D eigenvalue weighted by molar-refractivity contribution is 0.0697. The molecule has 0 saturated heterocycles. The van der Waals surface area contributed by atoms with E-state index in [4.69, 9.17) is 15.1 Å². The molecule has 5 nitrogen and oxygen atoms in total. The molecular weight excluding hydrogens is 256 g/mol. The third-order valence-corrected chi connectivity index (χ3v) is 2.74. The molecule has 2 aromatic rings. The average Bonchev–Trinajstić information content (AvgIpc) is 2.48. The number of carboxylic acid groups (broad SMARTS) is 1. The van der Waals surface area contributed by atoms with Gasteiger partial charge >= 0.3 is 5.97 Å². The van der Waals surface area contributed by atoms with Gasteiger partial charge in [0.1, 0.15) is 5.75 Å². The molecule has 0 unspecified atom stereocenters. The van der Waals surface area contributed by atoms with Crippen LogP contribution in [0.2, 0.25) is 0 Å². The monoisotopic (exact) mass is 268 g/mol. The van der Waals surface area contributed by atoms with E-state index >= 15 is 0 Å².